The molecule has 3 nitrogen and oxygen atoms in total. The van der Waals surface area contributed by atoms with Crippen LogP contribution in [0.5, 0.6) is 0 Å². The Hall–Kier alpha value is -0.310. The quantitative estimate of drug-likeness (QED) is 0.707. The highest BCUT2D eigenvalue weighted by molar-refractivity contribution is 14.1. The van der Waals surface area contributed by atoms with Crippen molar-refractivity contribution in [2.45, 2.75) is 0 Å². The first kappa shape index (κ1) is 10.2. The highest BCUT2D eigenvalue weighted by atomic mass is 127. The number of hydrogen-bond donors (Lipinski definition) is 2. The number of hydrogen-bond acceptors (Lipinski definition) is 1. The minimum absolute atomic E-state index is 0.328. The van der Waals surface area contributed by atoms with E-state index >= 15 is 0 Å². The van der Waals surface area contributed by atoms with E-state index in [1.54, 1.807) is 0 Å². The zero-order valence-corrected chi connectivity index (χ0v) is 11.2. The molecule has 0 saturated heterocycles. The van der Waals surface area contributed by atoms with E-state index < -0.39 is 5.97 Å². The van der Waals surface area contributed by atoms with Gasteiger partial charge in [0.2, 0.25) is 0 Å². The first-order valence-electron chi connectivity index (χ1n) is 3.79. The van der Waals surface area contributed by atoms with Crippen molar-refractivity contribution in [3.8, 4) is 0 Å². The van der Waals surface area contributed by atoms with E-state index in [2.05, 4.69) is 50.2 Å². The number of carbonyl (C=O) groups is 1. The summed E-state index contributed by atoms with van der Waals surface area (Å²) in [5, 5.41) is 9.67. The van der Waals surface area contributed by atoms with Gasteiger partial charge in [-0.25, -0.2) is 4.79 Å². The SMILES string of the molecule is O=C(O)c1c[nH]c2cc(I)c(I)cc12. The van der Waals surface area contributed by atoms with E-state index in [1.807, 2.05) is 12.1 Å². The highest BCUT2D eigenvalue weighted by Gasteiger charge is 2.11. The van der Waals surface area contributed by atoms with Crippen molar-refractivity contribution in [1.29, 1.82) is 0 Å². The number of benzene rings is 1. The third kappa shape index (κ3) is 1.62. The maximum absolute atomic E-state index is 10.8. The fourth-order valence-corrected chi connectivity index (χ4v) is 2.23. The largest absolute Gasteiger partial charge is 0.478 e. The number of rotatable bonds is 1. The highest BCUT2D eigenvalue weighted by Crippen LogP contribution is 2.25. The van der Waals surface area contributed by atoms with Crippen molar-refractivity contribution in [3.63, 3.8) is 0 Å². The third-order valence-corrected chi connectivity index (χ3v) is 4.77. The van der Waals surface area contributed by atoms with Gasteiger partial charge in [-0.15, -0.1) is 0 Å². The van der Waals surface area contributed by atoms with Gasteiger partial charge in [0.1, 0.15) is 0 Å². The Balaban J connectivity index is 2.80. The summed E-state index contributed by atoms with van der Waals surface area (Å²) in [4.78, 5) is 13.8. The van der Waals surface area contributed by atoms with Gasteiger partial charge in [0.05, 0.1) is 5.56 Å². The second-order valence-electron chi connectivity index (χ2n) is 2.82. The molecule has 5 heteroatoms. The Kier molecular flexibility index (Phi) is 2.69. The van der Waals surface area contributed by atoms with Crippen LogP contribution >= 0.6 is 45.2 Å². The number of aromatic carboxylic acids is 1. The Morgan fingerprint density at radius 1 is 1.29 bits per heavy atom. The molecule has 0 unspecified atom stereocenters. The molecule has 2 N–H and O–H groups in total. The molecule has 0 amide bonds. The molecule has 2 aromatic rings. The number of halogens is 2. The molecular formula is C9H5I2NO2. The zero-order valence-electron chi connectivity index (χ0n) is 6.84. The van der Waals surface area contributed by atoms with Crippen LogP contribution in [0.4, 0.5) is 0 Å². The maximum Gasteiger partial charge on any atom is 0.337 e. The smallest absolute Gasteiger partial charge is 0.337 e. The zero-order chi connectivity index (χ0) is 10.3. The lowest BCUT2D eigenvalue weighted by atomic mass is 10.2. The van der Waals surface area contributed by atoms with Gasteiger partial charge in [-0.2, -0.15) is 0 Å². The van der Waals surface area contributed by atoms with Crippen molar-refractivity contribution >= 4 is 62.1 Å². The number of carboxylic acid groups (broad SMARTS) is 1. The summed E-state index contributed by atoms with van der Waals surface area (Å²) in [5.41, 5.74) is 1.20. The standard InChI is InChI=1S/C9H5I2NO2/c10-6-1-4-5(9(13)14)3-12-8(4)2-7(6)11/h1-3,12H,(H,13,14). The van der Waals surface area contributed by atoms with Crippen molar-refractivity contribution < 1.29 is 9.90 Å². The van der Waals surface area contributed by atoms with Crippen molar-refractivity contribution in [1.82, 2.24) is 4.98 Å². The van der Waals surface area contributed by atoms with Gasteiger partial charge >= 0.3 is 5.97 Å². The molecule has 1 heterocycles. The van der Waals surface area contributed by atoms with Crippen LogP contribution in [0.25, 0.3) is 10.9 Å². The van der Waals surface area contributed by atoms with Crippen LogP contribution in [-0.4, -0.2) is 16.1 Å². The molecule has 0 bridgehead atoms. The average Bonchev–Trinajstić information content (AvgIpc) is 2.48. The average molecular weight is 413 g/mol. The van der Waals surface area contributed by atoms with Crippen LogP contribution in [0.3, 0.4) is 0 Å². The fraction of sp³-hybridized carbons (Fsp3) is 0. The number of H-pyrrole nitrogens is 1. The Bertz CT molecular complexity index is 519. The summed E-state index contributed by atoms with van der Waals surface area (Å²) in [7, 11) is 0. The first-order valence-corrected chi connectivity index (χ1v) is 5.95. The molecule has 0 aliphatic heterocycles. The monoisotopic (exact) mass is 413 g/mol. The lowest BCUT2D eigenvalue weighted by Gasteiger charge is -1.97. The van der Waals surface area contributed by atoms with E-state index in [-0.39, 0.29) is 0 Å². The lowest BCUT2D eigenvalue weighted by Crippen LogP contribution is -1.93. The summed E-state index contributed by atoms with van der Waals surface area (Å²) in [6, 6.07) is 3.84. The van der Waals surface area contributed by atoms with Gasteiger partial charge in [0.25, 0.3) is 0 Å². The number of aromatic nitrogens is 1. The predicted octanol–water partition coefficient (Wildman–Crippen LogP) is 3.08. The van der Waals surface area contributed by atoms with E-state index in [0.717, 1.165) is 18.0 Å². The van der Waals surface area contributed by atoms with Gasteiger partial charge < -0.3 is 10.1 Å². The summed E-state index contributed by atoms with van der Waals surface area (Å²) in [5.74, 6) is -0.895. The molecule has 0 aliphatic carbocycles. The lowest BCUT2D eigenvalue weighted by molar-refractivity contribution is 0.0699. The molecule has 14 heavy (non-hydrogen) atoms. The number of nitrogens with one attached hydrogen (secondary N) is 1. The van der Waals surface area contributed by atoms with Crippen molar-refractivity contribution in [2.75, 3.05) is 0 Å². The van der Waals surface area contributed by atoms with Crippen LogP contribution < -0.4 is 0 Å². The maximum atomic E-state index is 10.8. The summed E-state index contributed by atoms with van der Waals surface area (Å²) >= 11 is 4.42. The van der Waals surface area contributed by atoms with E-state index in [0.29, 0.717) is 5.56 Å². The number of aromatic amines is 1. The summed E-state index contributed by atoms with van der Waals surface area (Å²) in [6.45, 7) is 0. The number of carboxylic acids is 1. The van der Waals surface area contributed by atoms with Gasteiger partial charge in [-0.3, -0.25) is 0 Å². The van der Waals surface area contributed by atoms with Crippen molar-refractivity contribution in [2.24, 2.45) is 0 Å². The molecule has 1 aromatic heterocycles. The summed E-state index contributed by atoms with van der Waals surface area (Å²) in [6.07, 6.45) is 1.53. The molecule has 2 rings (SSSR count). The van der Waals surface area contributed by atoms with Crippen LogP contribution in [0.15, 0.2) is 18.3 Å². The Morgan fingerprint density at radius 3 is 2.57 bits per heavy atom. The van der Waals surface area contributed by atoms with Crippen molar-refractivity contribution in [3.05, 3.63) is 31.0 Å². The molecule has 72 valence electrons. The van der Waals surface area contributed by atoms with E-state index in [9.17, 15) is 4.79 Å². The van der Waals surface area contributed by atoms with Gasteiger partial charge in [-0.05, 0) is 57.3 Å². The van der Waals surface area contributed by atoms with Crippen LogP contribution in [-0.2, 0) is 0 Å². The Labute approximate surface area is 107 Å². The van der Waals surface area contributed by atoms with Crippen LogP contribution in [0.1, 0.15) is 10.4 Å². The van der Waals surface area contributed by atoms with Gasteiger partial charge in [-0.1, -0.05) is 0 Å². The normalized spacial score (nSPS) is 10.7. The second kappa shape index (κ2) is 3.69. The molecule has 0 atom stereocenters. The molecule has 0 radical (unpaired) electrons. The first-order chi connectivity index (χ1) is 6.59. The minimum Gasteiger partial charge on any atom is -0.478 e. The van der Waals surface area contributed by atoms with Crippen LogP contribution in [0.2, 0.25) is 0 Å². The van der Waals surface area contributed by atoms with Gasteiger partial charge in [0.15, 0.2) is 0 Å². The fourth-order valence-electron chi connectivity index (χ4n) is 1.29. The molecular weight excluding hydrogens is 408 g/mol. The molecule has 0 aliphatic rings. The van der Waals surface area contributed by atoms with Gasteiger partial charge in [0, 0.05) is 24.2 Å². The molecule has 0 saturated carbocycles. The molecule has 1 aromatic carbocycles. The topological polar surface area (TPSA) is 53.1 Å². The summed E-state index contributed by atoms with van der Waals surface area (Å²) < 4.78 is 2.19. The predicted molar refractivity (Wildman–Crippen MR) is 70.7 cm³/mol. The second-order valence-corrected chi connectivity index (χ2v) is 5.14. The molecule has 0 spiro atoms. The van der Waals surface area contributed by atoms with Crippen LogP contribution in [0, 0.1) is 7.14 Å². The van der Waals surface area contributed by atoms with E-state index in [1.165, 1.54) is 6.20 Å². The third-order valence-electron chi connectivity index (χ3n) is 1.95. The minimum atomic E-state index is -0.895. The molecule has 0 fully saturated rings. The van der Waals surface area contributed by atoms with E-state index in [4.69, 9.17) is 5.11 Å². The number of fused-ring (bicyclic) bond motifs is 1. The Morgan fingerprint density at radius 2 is 1.93 bits per heavy atom.